The van der Waals surface area contributed by atoms with Crippen molar-refractivity contribution in [1.29, 1.82) is 0 Å². The summed E-state index contributed by atoms with van der Waals surface area (Å²) in [7, 11) is 1.68. The predicted octanol–water partition coefficient (Wildman–Crippen LogP) is 3.48. The van der Waals surface area contributed by atoms with Crippen LogP contribution in [0.4, 0.5) is 0 Å². The second kappa shape index (κ2) is 8.31. The second-order valence-corrected chi connectivity index (χ2v) is 7.45. The van der Waals surface area contributed by atoms with Gasteiger partial charge >= 0.3 is 0 Å². The van der Waals surface area contributed by atoms with Gasteiger partial charge in [-0.3, -0.25) is 4.79 Å². The number of hydrogen-bond acceptors (Lipinski definition) is 3. The molecule has 1 aromatic carbocycles. The molecule has 3 rings (SSSR count). The van der Waals surface area contributed by atoms with Crippen molar-refractivity contribution >= 4 is 39.4 Å². The molecule has 0 radical (unpaired) electrons. The highest BCUT2D eigenvalue weighted by atomic mass is 127. The van der Waals surface area contributed by atoms with Crippen LogP contribution < -0.4 is 5.32 Å². The number of amides is 1. The SMILES string of the molecule is COCCO[C@H]1CC[C@H](NC(=O)c2cc(I)cc3cc[nH]c23)CC1. The van der Waals surface area contributed by atoms with Gasteiger partial charge in [0.25, 0.3) is 5.91 Å². The van der Waals surface area contributed by atoms with E-state index in [1.54, 1.807) is 7.11 Å². The first-order valence-electron chi connectivity index (χ1n) is 8.35. The molecular weight excluding hydrogens is 419 g/mol. The van der Waals surface area contributed by atoms with Gasteiger partial charge in [-0.2, -0.15) is 0 Å². The summed E-state index contributed by atoms with van der Waals surface area (Å²) in [6.45, 7) is 1.28. The molecule has 2 aromatic rings. The largest absolute Gasteiger partial charge is 0.382 e. The molecule has 0 saturated heterocycles. The Morgan fingerprint density at radius 2 is 2.08 bits per heavy atom. The fourth-order valence-corrected chi connectivity index (χ4v) is 3.90. The first kappa shape index (κ1) is 17.7. The van der Waals surface area contributed by atoms with Gasteiger partial charge in [0.1, 0.15) is 0 Å². The number of methoxy groups -OCH3 is 1. The summed E-state index contributed by atoms with van der Waals surface area (Å²) in [6.07, 6.45) is 6.06. The summed E-state index contributed by atoms with van der Waals surface area (Å²) in [5, 5.41) is 4.26. The van der Waals surface area contributed by atoms with E-state index in [2.05, 4.69) is 39.0 Å². The molecule has 2 N–H and O–H groups in total. The highest BCUT2D eigenvalue weighted by molar-refractivity contribution is 14.1. The van der Waals surface area contributed by atoms with Gasteiger partial charge in [0.2, 0.25) is 0 Å². The number of H-pyrrole nitrogens is 1. The van der Waals surface area contributed by atoms with E-state index in [1.165, 1.54) is 0 Å². The molecule has 130 valence electrons. The van der Waals surface area contributed by atoms with Crippen molar-refractivity contribution in [3.63, 3.8) is 0 Å². The molecule has 24 heavy (non-hydrogen) atoms. The fourth-order valence-electron chi connectivity index (χ4n) is 3.25. The monoisotopic (exact) mass is 442 g/mol. The molecule has 1 aliphatic rings. The molecule has 0 aliphatic heterocycles. The van der Waals surface area contributed by atoms with Crippen molar-refractivity contribution in [2.75, 3.05) is 20.3 Å². The van der Waals surface area contributed by atoms with Crippen LogP contribution >= 0.6 is 22.6 Å². The van der Waals surface area contributed by atoms with Gasteiger partial charge in [-0.15, -0.1) is 0 Å². The minimum Gasteiger partial charge on any atom is -0.382 e. The number of ether oxygens (including phenoxy) is 2. The molecule has 1 fully saturated rings. The molecule has 0 bridgehead atoms. The summed E-state index contributed by atoms with van der Waals surface area (Å²) in [5.41, 5.74) is 1.63. The summed E-state index contributed by atoms with van der Waals surface area (Å²) in [5.74, 6) is 0.00437. The number of fused-ring (bicyclic) bond motifs is 1. The molecular formula is C18H23IN2O3. The van der Waals surface area contributed by atoms with Crippen molar-refractivity contribution in [3.05, 3.63) is 33.5 Å². The molecule has 1 heterocycles. The van der Waals surface area contributed by atoms with Crippen LogP contribution in [0.2, 0.25) is 0 Å². The molecule has 6 heteroatoms. The summed E-state index contributed by atoms with van der Waals surface area (Å²) in [4.78, 5) is 15.9. The van der Waals surface area contributed by atoms with Crippen LogP contribution in [0, 0.1) is 3.57 Å². The number of hydrogen-bond donors (Lipinski definition) is 2. The first-order chi connectivity index (χ1) is 11.7. The summed E-state index contributed by atoms with van der Waals surface area (Å²) in [6, 6.07) is 6.24. The Bertz CT molecular complexity index is 693. The molecule has 5 nitrogen and oxygen atoms in total. The maximum Gasteiger partial charge on any atom is 0.253 e. The van der Waals surface area contributed by atoms with Crippen molar-refractivity contribution in [2.24, 2.45) is 0 Å². The van der Waals surface area contributed by atoms with E-state index in [0.29, 0.717) is 19.3 Å². The maximum absolute atomic E-state index is 12.7. The number of carbonyl (C=O) groups is 1. The van der Waals surface area contributed by atoms with E-state index in [-0.39, 0.29) is 11.9 Å². The molecule has 1 saturated carbocycles. The standard InChI is InChI=1S/C18H23IN2O3/c1-23-8-9-24-15-4-2-14(3-5-15)21-18(22)16-11-13(19)10-12-6-7-20-17(12)16/h6-7,10-11,14-15,20H,2-5,8-9H2,1H3,(H,21,22)/t14-,15-. The first-order valence-corrected chi connectivity index (χ1v) is 9.43. The van der Waals surface area contributed by atoms with E-state index in [0.717, 1.165) is 45.7 Å². The minimum absolute atomic E-state index is 0.00437. The average Bonchev–Trinajstić information content (AvgIpc) is 3.04. The van der Waals surface area contributed by atoms with Gasteiger partial charge in [-0.25, -0.2) is 0 Å². The lowest BCUT2D eigenvalue weighted by atomic mass is 9.92. The second-order valence-electron chi connectivity index (χ2n) is 6.21. The number of rotatable bonds is 6. The highest BCUT2D eigenvalue weighted by Crippen LogP contribution is 2.24. The Hall–Kier alpha value is -1.12. The van der Waals surface area contributed by atoms with Crippen molar-refractivity contribution < 1.29 is 14.3 Å². The van der Waals surface area contributed by atoms with Crippen molar-refractivity contribution in [1.82, 2.24) is 10.3 Å². The van der Waals surface area contributed by atoms with Crippen molar-refractivity contribution in [3.8, 4) is 0 Å². The Kier molecular flexibility index (Phi) is 6.13. The van der Waals surface area contributed by atoms with Gasteiger partial charge in [-0.05, 0) is 66.5 Å². The number of aromatic nitrogens is 1. The lowest BCUT2D eigenvalue weighted by Crippen LogP contribution is -2.39. The van der Waals surface area contributed by atoms with E-state index >= 15 is 0 Å². The van der Waals surface area contributed by atoms with E-state index in [9.17, 15) is 4.79 Å². The van der Waals surface area contributed by atoms with Crippen LogP contribution in [-0.4, -0.2) is 43.4 Å². The van der Waals surface area contributed by atoms with E-state index < -0.39 is 0 Å². The Morgan fingerprint density at radius 3 is 2.83 bits per heavy atom. The normalized spacial score (nSPS) is 21.1. The number of nitrogens with one attached hydrogen (secondary N) is 2. The van der Waals surface area contributed by atoms with Gasteiger partial charge in [0.15, 0.2) is 0 Å². The van der Waals surface area contributed by atoms with Crippen LogP contribution in [0.5, 0.6) is 0 Å². The Balaban J connectivity index is 1.57. The third kappa shape index (κ3) is 4.29. The van der Waals surface area contributed by atoms with Gasteiger partial charge in [-0.1, -0.05) is 0 Å². The zero-order valence-corrected chi connectivity index (χ0v) is 16.0. The summed E-state index contributed by atoms with van der Waals surface area (Å²) < 4.78 is 11.9. The van der Waals surface area contributed by atoms with Crippen molar-refractivity contribution in [2.45, 2.75) is 37.8 Å². The predicted molar refractivity (Wildman–Crippen MR) is 102 cm³/mol. The van der Waals surface area contributed by atoms with E-state index in [1.807, 2.05) is 18.3 Å². The van der Waals surface area contributed by atoms with E-state index in [4.69, 9.17) is 9.47 Å². The zero-order valence-electron chi connectivity index (χ0n) is 13.8. The zero-order chi connectivity index (χ0) is 16.9. The third-order valence-electron chi connectivity index (χ3n) is 4.52. The number of benzene rings is 1. The van der Waals surface area contributed by atoms with Gasteiger partial charge in [0, 0.05) is 28.3 Å². The summed E-state index contributed by atoms with van der Waals surface area (Å²) >= 11 is 2.25. The minimum atomic E-state index is 0.00437. The lowest BCUT2D eigenvalue weighted by Gasteiger charge is -2.29. The quantitative estimate of drug-likeness (QED) is 0.532. The van der Waals surface area contributed by atoms with Crippen LogP contribution in [0.1, 0.15) is 36.0 Å². The number of halogens is 1. The van der Waals surface area contributed by atoms with Crippen LogP contribution in [0.25, 0.3) is 10.9 Å². The van der Waals surface area contributed by atoms with Gasteiger partial charge < -0.3 is 19.8 Å². The molecule has 0 unspecified atom stereocenters. The van der Waals surface area contributed by atoms with Gasteiger partial charge in [0.05, 0.1) is 30.4 Å². The lowest BCUT2D eigenvalue weighted by molar-refractivity contribution is -0.00408. The third-order valence-corrected chi connectivity index (χ3v) is 5.14. The molecule has 1 aliphatic carbocycles. The average molecular weight is 442 g/mol. The highest BCUT2D eigenvalue weighted by Gasteiger charge is 2.24. The fraction of sp³-hybridized carbons (Fsp3) is 0.500. The molecule has 1 aromatic heterocycles. The Labute approximate surface area is 155 Å². The maximum atomic E-state index is 12.7. The molecule has 0 spiro atoms. The topological polar surface area (TPSA) is 63.4 Å². The number of carbonyl (C=O) groups excluding carboxylic acids is 1. The van der Waals surface area contributed by atoms with Crippen LogP contribution in [-0.2, 0) is 9.47 Å². The Morgan fingerprint density at radius 1 is 1.29 bits per heavy atom. The number of aromatic amines is 1. The van der Waals surface area contributed by atoms with Crippen LogP contribution in [0.15, 0.2) is 24.4 Å². The molecule has 0 atom stereocenters. The molecule has 1 amide bonds. The van der Waals surface area contributed by atoms with Crippen LogP contribution in [0.3, 0.4) is 0 Å². The smallest absolute Gasteiger partial charge is 0.253 e.